The van der Waals surface area contributed by atoms with E-state index < -0.39 is 0 Å². The van der Waals surface area contributed by atoms with Gasteiger partial charge in [-0.2, -0.15) is 0 Å². The minimum atomic E-state index is -0.374. The second-order valence-electron chi connectivity index (χ2n) is 6.84. The summed E-state index contributed by atoms with van der Waals surface area (Å²) in [6.07, 6.45) is 1.53. The van der Waals surface area contributed by atoms with Crippen LogP contribution in [0.3, 0.4) is 0 Å². The van der Waals surface area contributed by atoms with Crippen molar-refractivity contribution in [3.8, 4) is 0 Å². The van der Waals surface area contributed by atoms with Crippen LogP contribution in [0.4, 0.5) is 0 Å². The van der Waals surface area contributed by atoms with Crippen LogP contribution in [-0.4, -0.2) is 31.9 Å². The van der Waals surface area contributed by atoms with Crippen LogP contribution >= 0.6 is 0 Å². The van der Waals surface area contributed by atoms with Crippen LogP contribution in [0.15, 0.2) is 33.9 Å². The SMILES string of the molecule is CC.CCCOCCc1nc2c(c(=O)n(C)c(=O)n2C)n1Cc1ccc(C)cc1. The number of nitrogens with zero attached hydrogens (tertiary/aromatic N) is 4. The normalized spacial score (nSPS) is 10.8. The number of aryl methyl sites for hydroxylation is 2. The fraction of sp³-hybridized carbons (Fsp3) is 0.500. The molecule has 1 aromatic carbocycles. The molecule has 0 unspecified atom stereocenters. The Labute approximate surface area is 171 Å². The summed E-state index contributed by atoms with van der Waals surface area (Å²) in [5, 5.41) is 0. The zero-order valence-electron chi connectivity index (χ0n) is 18.4. The molecule has 0 aliphatic rings. The molecule has 0 fully saturated rings. The quantitative estimate of drug-likeness (QED) is 0.572. The monoisotopic (exact) mass is 400 g/mol. The third kappa shape index (κ3) is 4.85. The molecule has 2 aromatic heterocycles. The molecule has 0 N–H and O–H groups in total. The van der Waals surface area contributed by atoms with Crippen molar-refractivity contribution in [1.29, 1.82) is 0 Å². The minimum Gasteiger partial charge on any atom is -0.381 e. The third-order valence-corrected chi connectivity index (χ3v) is 4.71. The summed E-state index contributed by atoms with van der Waals surface area (Å²) in [5.41, 5.74) is 2.42. The van der Waals surface area contributed by atoms with Gasteiger partial charge in [0, 0.05) is 33.7 Å². The molecule has 0 aliphatic carbocycles. The third-order valence-electron chi connectivity index (χ3n) is 4.71. The Morgan fingerprint density at radius 3 is 2.28 bits per heavy atom. The van der Waals surface area contributed by atoms with E-state index in [0.717, 1.165) is 22.4 Å². The molecule has 7 heteroatoms. The molecule has 0 aliphatic heterocycles. The average Bonchev–Trinajstić information content (AvgIpc) is 3.09. The van der Waals surface area contributed by atoms with Crippen molar-refractivity contribution in [3.63, 3.8) is 0 Å². The van der Waals surface area contributed by atoms with Crippen LogP contribution in [0, 0.1) is 6.92 Å². The molecular weight excluding hydrogens is 368 g/mol. The highest BCUT2D eigenvalue weighted by atomic mass is 16.5. The Bertz CT molecular complexity index is 1060. The highest BCUT2D eigenvalue weighted by Gasteiger charge is 2.19. The van der Waals surface area contributed by atoms with E-state index in [4.69, 9.17) is 4.74 Å². The van der Waals surface area contributed by atoms with Gasteiger partial charge in [-0.05, 0) is 18.9 Å². The molecule has 0 spiro atoms. The topological polar surface area (TPSA) is 71.1 Å². The first-order valence-corrected chi connectivity index (χ1v) is 10.2. The van der Waals surface area contributed by atoms with Gasteiger partial charge in [0.25, 0.3) is 5.56 Å². The molecule has 2 heterocycles. The lowest BCUT2D eigenvalue weighted by atomic mass is 10.1. The van der Waals surface area contributed by atoms with Gasteiger partial charge in [-0.3, -0.25) is 13.9 Å². The van der Waals surface area contributed by atoms with E-state index in [9.17, 15) is 9.59 Å². The first-order valence-electron chi connectivity index (χ1n) is 10.2. The number of aromatic nitrogens is 4. The number of hydrogen-bond acceptors (Lipinski definition) is 4. The summed E-state index contributed by atoms with van der Waals surface area (Å²) in [5.74, 6) is 0.750. The Morgan fingerprint density at radius 1 is 1.00 bits per heavy atom. The van der Waals surface area contributed by atoms with E-state index in [0.29, 0.717) is 37.3 Å². The predicted octanol–water partition coefficient (Wildman–Crippen LogP) is 2.79. The second kappa shape index (κ2) is 10.2. The van der Waals surface area contributed by atoms with Gasteiger partial charge in [-0.25, -0.2) is 9.78 Å². The van der Waals surface area contributed by atoms with Gasteiger partial charge in [-0.1, -0.05) is 50.6 Å². The fourth-order valence-electron chi connectivity index (χ4n) is 3.14. The van der Waals surface area contributed by atoms with Crippen LogP contribution in [-0.2, 0) is 31.8 Å². The number of hydrogen-bond donors (Lipinski definition) is 0. The van der Waals surface area contributed by atoms with Crippen LogP contribution in [0.5, 0.6) is 0 Å². The van der Waals surface area contributed by atoms with E-state index in [2.05, 4.69) is 11.9 Å². The van der Waals surface area contributed by atoms with Crippen molar-refractivity contribution in [2.45, 2.75) is 47.1 Å². The summed E-state index contributed by atoms with van der Waals surface area (Å²) in [6.45, 7) is 9.84. The summed E-state index contributed by atoms with van der Waals surface area (Å²) >= 11 is 0. The number of rotatable bonds is 7. The molecular formula is C22H32N4O3. The van der Waals surface area contributed by atoms with Crippen molar-refractivity contribution in [2.75, 3.05) is 13.2 Å². The fourth-order valence-corrected chi connectivity index (χ4v) is 3.14. The standard InChI is InChI=1S/C20H26N4O3.C2H6/c1-5-11-27-12-10-16-21-18-17(19(25)23(4)20(26)22(18)3)24(16)13-15-8-6-14(2)7-9-15;1-2/h6-9H,5,10-13H2,1-4H3;1-2H3. The van der Waals surface area contributed by atoms with E-state index in [1.54, 1.807) is 7.05 Å². The van der Waals surface area contributed by atoms with Crippen LogP contribution in [0.2, 0.25) is 0 Å². The molecule has 0 radical (unpaired) electrons. The van der Waals surface area contributed by atoms with Gasteiger partial charge < -0.3 is 9.30 Å². The maximum Gasteiger partial charge on any atom is 0.332 e. The first kappa shape index (κ1) is 22.6. The van der Waals surface area contributed by atoms with E-state index >= 15 is 0 Å². The minimum absolute atomic E-state index is 0.326. The maximum absolute atomic E-state index is 12.8. The predicted molar refractivity (Wildman–Crippen MR) is 117 cm³/mol. The van der Waals surface area contributed by atoms with Crippen LogP contribution < -0.4 is 11.2 Å². The van der Waals surface area contributed by atoms with Gasteiger partial charge in [0.05, 0.1) is 6.61 Å². The molecule has 7 nitrogen and oxygen atoms in total. The lowest BCUT2D eigenvalue weighted by Gasteiger charge is -2.10. The van der Waals surface area contributed by atoms with Crippen LogP contribution in [0.1, 0.15) is 44.1 Å². The molecule has 29 heavy (non-hydrogen) atoms. The zero-order valence-corrected chi connectivity index (χ0v) is 18.4. The number of benzene rings is 1. The maximum atomic E-state index is 12.8. The summed E-state index contributed by atoms with van der Waals surface area (Å²) in [7, 11) is 3.14. The number of fused-ring (bicyclic) bond motifs is 1. The van der Waals surface area contributed by atoms with Crippen molar-refractivity contribution >= 4 is 11.2 Å². The van der Waals surface area contributed by atoms with Crippen molar-refractivity contribution in [2.24, 2.45) is 14.1 Å². The Morgan fingerprint density at radius 2 is 1.66 bits per heavy atom. The highest BCUT2D eigenvalue weighted by molar-refractivity contribution is 5.71. The summed E-state index contributed by atoms with van der Waals surface area (Å²) < 4.78 is 10.1. The second-order valence-corrected chi connectivity index (χ2v) is 6.84. The van der Waals surface area contributed by atoms with Crippen molar-refractivity contribution < 1.29 is 4.74 Å². The molecule has 0 saturated carbocycles. The van der Waals surface area contributed by atoms with Gasteiger partial charge in [0.2, 0.25) is 0 Å². The van der Waals surface area contributed by atoms with E-state index in [-0.39, 0.29) is 11.2 Å². The van der Waals surface area contributed by atoms with Gasteiger partial charge >= 0.3 is 5.69 Å². The molecule has 0 saturated heterocycles. The zero-order chi connectivity index (χ0) is 21.6. The molecule has 3 aromatic rings. The lowest BCUT2D eigenvalue weighted by Crippen LogP contribution is -2.37. The summed E-state index contributed by atoms with van der Waals surface area (Å²) in [6, 6.07) is 8.19. The Hall–Kier alpha value is -2.67. The lowest BCUT2D eigenvalue weighted by molar-refractivity contribution is 0.136. The molecule has 0 atom stereocenters. The Kier molecular flexibility index (Phi) is 7.96. The molecule has 0 amide bonds. The molecule has 158 valence electrons. The van der Waals surface area contributed by atoms with Gasteiger partial charge in [0.15, 0.2) is 11.2 Å². The number of imidazole rings is 1. The van der Waals surface area contributed by atoms with Crippen LogP contribution in [0.25, 0.3) is 11.2 Å². The average molecular weight is 401 g/mol. The van der Waals surface area contributed by atoms with Gasteiger partial charge in [0.1, 0.15) is 5.82 Å². The highest BCUT2D eigenvalue weighted by Crippen LogP contribution is 2.15. The largest absolute Gasteiger partial charge is 0.381 e. The van der Waals surface area contributed by atoms with E-state index in [1.165, 1.54) is 17.2 Å². The summed E-state index contributed by atoms with van der Waals surface area (Å²) in [4.78, 5) is 29.7. The van der Waals surface area contributed by atoms with Gasteiger partial charge in [-0.15, -0.1) is 0 Å². The van der Waals surface area contributed by atoms with Crippen molar-refractivity contribution in [3.05, 3.63) is 62.1 Å². The van der Waals surface area contributed by atoms with Crippen molar-refractivity contribution in [1.82, 2.24) is 18.7 Å². The first-order chi connectivity index (χ1) is 13.9. The van der Waals surface area contributed by atoms with E-state index in [1.807, 2.05) is 49.6 Å². The molecule has 0 bridgehead atoms. The molecule has 3 rings (SSSR count). The Balaban J connectivity index is 0.00000145. The number of ether oxygens (including phenoxy) is 1. The smallest absolute Gasteiger partial charge is 0.332 e.